The summed E-state index contributed by atoms with van der Waals surface area (Å²) >= 11 is 1.56. The Morgan fingerprint density at radius 3 is 2.65 bits per heavy atom. The SMILES string of the molecule is CCC(C)(C)c1cc(-c2cnc(C)s2)c(C#N)c(N)n1. The Bertz CT molecular complexity index is 680. The van der Waals surface area contributed by atoms with E-state index in [0.717, 1.165) is 27.6 Å². The zero-order chi connectivity index (χ0) is 14.9. The molecule has 0 aromatic carbocycles. The molecule has 5 heteroatoms. The lowest BCUT2D eigenvalue weighted by Gasteiger charge is -2.23. The molecule has 104 valence electrons. The van der Waals surface area contributed by atoms with Crippen molar-refractivity contribution in [2.24, 2.45) is 0 Å². The second-order valence-corrected chi connectivity index (χ2v) is 6.64. The number of thiazole rings is 1. The summed E-state index contributed by atoms with van der Waals surface area (Å²) in [6.07, 6.45) is 2.74. The summed E-state index contributed by atoms with van der Waals surface area (Å²) in [6, 6.07) is 4.14. The Morgan fingerprint density at radius 1 is 1.45 bits per heavy atom. The predicted molar refractivity (Wildman–Crippen MR) is 82.5 cm³/mol. The van der Waals surface area contributed by atoms with Crippen LogP contribution in [0, 0.1) is 18.3 Å². The third kappa shape index (κ3) is 2.52. The van der Waals surface area contributed by atoms with Gasteiger partial charge in [0.15, 0.2) is 0 Å². The number of hydrogen-bond acceptors (Lipinski definition) is 5. The Morgan fingerprint density at radius 2 is 2.15 bits per heavy atom. The standard InChI is InChI=1S/C15H18N4S/c1-5-15(3,4)13-6-10(11(7-16)14(17)19-13)12-8-18-9(2)20-12/h6,8H,5H2,1-4H3,(H2,17,19). The number of nitriles is 1. The van der Waals surface area contributed by atoms with Gasteiger partial charge in [-0.15, -0.1) is 11.3 Å². The number of aromatic nitrogens is 2. The fourth-order valence-corrected chi connectivity index (χ4v) is 2.69. The molecule has 2 aromatic heterocycles. The molecule has 0 spiro atoms. The number of anilines is 1. The van der Waals surface area contributed by atoms with Crippen molar-refractivity contribution in [1.29, 1.82) is 5.26 Å². The molecule has 0 aliphatic rings. The fourth-order valence-electron chi connectivity index (χ4n) is 1.89. The maximum Gasteiger partial charge on any atom is 0.142 e. The Balaban J connectivity index is 2.69. The van der Waals surface area contributed by atoms with Gasteiger partial charge in [-0.2, -0.15) is 5.26 Å². The zero-order valence-electron chi connectivity index (χ0n) is 12.2. The van der Waals surface area contributed by atoms with Gasteiger partial charge >= 0.3 is 0 Å². The van der Waals surface area contributed by atoms with E-state index in [0.29, 0.717) is 11.4 Å². The molecule has 20 heavy (non-hydrogen) atoms. The number of pyridine rings is 1. The van der Waals surface area contributed by atoms with Gasteiger partial charge < -0.3 is 5.73 Å². The molecule has 0 amide bonds. The van der Waals surface area contributed by atoms with E-state index >= 15 is 0 Å². The van der Waals surface area contributed by atoms with Gasteiger partial charge in [-0.1, -0.05) is 20.8 Å². The molecular formula is C15H18N4S. The molecule has 0 aliphatic heterocycles. The Hall–Kier alpha value is -1.93. The molecule has 0 saturated heterocycles. The lowest BCUT2D eigenvalue weighted by atomic mass is 9.85. The molecule has 0 unspecified atom stereocenters. The molecule has 0 aliphatic carbocycles. The van der Waals surface area contributed by atoms with E-state index in [1.54, 1.807) is 17.5 Å². The molecule has 2 rings (SSSR count). The van der Waals surface area contributed by atoms with E-state index in [9.17, 15) is 5.26 Å². The summed E-state index contributed by atoms with van der Waals surface area (Å²) < 4.78 is 0. The van der Waals surface area contributed by atoms with E-state index in [1.807, 2.05) is 13.0 Å². The van der Waals surface area contributed by atoms with Crippen LogP contribution in [0.1, 0.15) is 43.5 Å². The zero-order valence-corrected chi connectivity index (χ0v) is 13.0. The van der Waals surface area contributed by atoms with Crippen molar-refractivity contribution in [3.63, 3.8) is 0 Å². The molecule has 0 atom stereocenters. The minimum Gasteiger partial charge on any atom is -0.383 e. The summed E-state index contributed by atoms with van der Waals surface area (Å²) in [5.41, 5.74) is 8.09. The largest absolute Gasteiger partial charge is 0.383 e. The van der Waals surface area contributed by atoms with Crippen molar-refractivity contribution in [1.82, 2.24) is 9.97 Å². The van der Waals surface area contributed by atoms with E-state index < -0.39 is 0 Å². The number of rotatable bonds is 3. The normalized spacial score (nSPS) is 11.3. The minimum absolute atomic E-state index is 0.0728. The first kappa shape index (κ1) is 14.5. The van der Waals surface area contributed by atoms with E-state index in [4.69, 9.17) is 5.73 Å². The van der Waals surface area contributed by atoms with E-state index in [-0.39, 0.29) is 5.41 Å². The highest BCUT2D eigenvalue weighted by Gasteiger charge is 2.23. The second-order valence-electron chi connectivity index (χ2n) is 5.41. The summed E-state index contributed by atoms with van der Waals surface area (Å²) in [4.78, 5) is 9.64. The van der Waals surface area contributed by atoms with Crippen LogP contribution in [0.3, 0.4) is 0 Å². The molecule has 2 heterocycles. The van der Waals surface area contributed by atoms with Crippen molar-refractivity contribution in [2.75, 3.05) is 5.73 Å². The van der Waals surface area contributed by atoms with Gasteiger partial charge in [-0.3, -0.25) is 0 Å². The lowest BCUT2D eigenvalue weighted by molar-refractivity contribution is 0.491. The van der Waals surface area contributed by atoms with Crippen LogP contribution in [0.25, 0.3) is 10.4 Å². The fraction of sp³-hybridized carbons (Fsp3) is 0.400. The maximum atomic E-state index is 9.33. The van der Waals surface area contributed by atoms with Crippen LogP contribution in [0.4, 0.5) is 5.82 Å². The lowest BCUT2D eigenvalue weighted by Crippen LogP contribution is -2.19. The van der Waals surface area contributed by atoms with Gasteiger partial charge in [-0.05, 0) is 19.4 Å². The number of aryl methyl sites for hydroxylation is 1. The number of hydrogen-bond donors (Lipinski definition) is 1. The first-order chi connectivity index (χ1) is 9.39. The smallest absolute Gasteiger partial charge is 0.142 e. The van der Waals surface area contributed by atoms with Gasteiger partial charge in [0.25, 0.3) is 0 Å². The third-order valence-electron chi connectivity index (χ3n) is 3.62. The first-order valence-corrected chi connectivity index (χ1v) is 7.34. The van der Waals surface area contributed by atoms with Gasteiger partial charge in [0.1, 0.15) is 17.5 Å². The molecular weight excluding hydrogens is 268 g/mol. The topological polar surface area (TPSA) is 75.6 Å². The van der Waals surface area contributed by atoms with Crippen molar-refractivity contribution < 1.29 is 0 Å². The van der Waals surface area contributed by atoms with Crippen LogP contribution in [-0.4, -0.2) is 9.97 Å². The highest BCUT2D eigenvalue weighted by Crippen LogP contribution is 2.35. The highest BCUT2D eigenvalue weighted by molar-refractivity contribution is 7.15. The van der Waals surface area contributed by atoms with Crippen molar-refractivity contribution in [3.05, 3.63) is 28.5 Å². The molecule has 4 nitrogen and oxygen atoms in total. The molecule has 0 bridgehead atoms. The molecule has 0 fully saturated rings. The van der Waals surface area contributed by atoms with Gasteiger partial charge in [0.2, 0.25) is 0 Å². The summed E-state index contributed by atoms with van der Waals surface area (Å²) in [7, 11) is 0. The number of nitrogens with zero attached hydrogens (tertiary/aromatic N) is 3. The first-order valence-electron chi connectivity index (χ1n) is 6.53. The van der Waals surface area contributed by atoms with Gasteiger partial charge in [-0.25, -0.2) is 9.97 Å². The van der Waals surface area contributed by atoms with E-state index in [1.165, 1.54) is 0 Å². The average molecular weight is 286 g/mol. The van der Waals surface area contributed by atoms with Crippen LogP contribution in [0.5, 0.6) is 0 Å². The minimum atomic E-state index is -0.0728. The van der Waals surface area contributed by atoms with Crippen LogP contribution < -0.4 is 5.73 Å². The average Bonchev–Trinajstić information content (AvgIpc) is 2.84. The Kier molecular flexibility index (Phi) is 3.78. The Labute approximate surface area is 123 Å². The molecule has 2 aromatic rings. The summed E-state index contributed by atoms with van der Waals surface area (Å²) in [5.74, 6) is 0.299. The predicted octanol–water partition coefficient (Wildman–Crippen LogP) is 3.66. The van der Waals surface area contributed by atoms with Crippen molar-refractivity contribution in [3.8, 4) is 16.5 Å². The van der Waals surface area contributed by atoms with E-state index in [2.05, 4.69) is 36.8 Å². The van der Waals surface area contributed by atoms with Crippen LogP contribution >= 0.6 is 11.3 Å². The van der Waals surface area contributed by atoms with Gasteiger partial charge in [0, 0.05) is 22.9 Å². The third-order valence-corrected chi connectivity index (χ3v) is 4.57. The molecule has 0 radical (unpaired) electrons. The maximum absolute atomic E-state index is 9.33. The number of nitrogen functional groups attached to an aromatic ring is 1. The highest BCUT2D eigenvalue weighted by atomic mass is 32.1. The molecule has 2 N–H and O–H groups in total. The summed E-state index contributed by atoms with van der Waals surface area (Å²) in [5, 5.41) is 10.3. The van der Waals surface area contributed by atoms with Crippen LogP contribution in [0.15, 0.2) is 12.3 Å². The number of nitrogens with two attached hydrogens (primary N) is 1. The van der Waals surface area contributed by atoms with Crippen molar-refractivity contribution >= 4 is 17.2 Å². The second kappa shape index (κ2) is 5.22. The summed E-state index contributed by atoms with van der Waals surface area (Å²) in [6.45, 7) is 8.32. The van der Waals surface area contributed by atoms with Crippen LogP contribution in [0.2, 0.25) is 0 Å². The van der Waals surface area contributed by atoms with Crippen molar-refractivity contribution in [2.45, 2.75) is 39.5 Å². The molecule has 0 saturated carbocycles. The monoisotopic (exact) mass is 286 g/mol. The van der Waals surface area contributed by atoms with Gasteiger partial charge in [0.05, 0.1) is 9.88 Å². The van der Waals surface area contributed by atoms with Crippen LogP contribution in [-0.2, 0) is 5.41 Å². The quantitative estimate of drug-likeness (QED) is 0.934.